The molecular weight excluding hydrogens is 360 g/mol. The van der Waals surface area contributed by atoms with Crippen molar-refractivity contribution < 1.29 is 17.6 Å². The molecule has 0 spiro atoms. The number of fused-ring (bicyclic) bond motifs is 1. The molecule has 2 N–H and O–H groups in total. The molecule has 0 aliphatic heterocycles. The number of hydrogen-bond acceptors (Lipinski definition) is 3. The third-order valence-electron chi connectivity index (χ3n) is 4.14. The van der Waals surface area contributed by atoms with Crippen LogP contribution in [0.25, 0.3) is 27.9 Å². The van der Waals surface area contributed by atoms with Gasteiger partial charge in [-0.1, -0.05) is 0 Å². The maximum absolute atomic E-state index is 13.3. The molecule has 4 aromatic rings. The van der Waals surface area contributed by atoms with E-state index < -0.39 is 17.6 Å². The third-order valence-corrected chi connectivity index (χ3v) is 4.14. The maximum Gasteiger partial charge on any atom is 0.417 e. The number of anilines is 1. The first kappa shape index (κ1) is 17.0. The summed E-state index contributed by atoms with van der Waals surface area (Å²) < 4.78 is 53.6. The van der Waals surface area contributed by atoms with E-state index in [0.717, 1.165) is 12.3 Å². The minimum atomic E-state index is -4.49. The average molecular weight is 372 g/mol. The number of nitrogens with two attached hydrogens (primary N) is 1. The second kappa shape index (κ2) is 6.08. The summed E-state index contributed by atoms with van der Waals surface area (Å²) >= 11 is 0. The summed E-state index contributed by atoms with van der Waals surface area (Å²) in [5.74, 6) is -0.152. The van der Waals surface area contributed by atoms with Crippen LogP contribution in [0.4, 0.5) is 23.4 Å². The molecule has 3 aromatic heterocycles. The van der Waals surface area contributed by atoms with Crippen molar-refractivity contribution in [3.8, 4) is 22.4 Å². The highest BCUT2D eigenvalue weighted by Gasteiger charge is 2.31. The molecule has 8 heteroatoms. The highest BCUT2D eigenvalue weighted by molar-refractivity contribution is 5.92. The first-order chi connectivity index (χ1) is 12.8. The van der Waals surface area contributed by atoms with Crippen LogP contribution in [0.3, 0.4) is 0 Å². The summed E-state index contributed by atoms with van der Waals surface area (Å²) in [4.78, 5) is 3.94. The molecule has 3 heterocycles. The molecule has 0 aliphatic rings. The molecule has 4 rings (SSSR count). The number of alkyl halides is 3. The van der Waals surface area contributed by atoms with Crippen molar-refractivity contribution in [2.75, 3.05) is 5.73 Å². The van der Waals surface area contributed by atoms with E-state index in [-0.39, 0.29) is 5.82 Å². The van der Waals surface area contributed by atoms with Crippen LogP contribution in [-0.2, 0) is 6.18 Å². The fourth-order valence-electron chi connectivity index (χ4n) is 2.92. The second-order valence-electron chi connectivity index (χ2n) is 5.95. The Morgan fingerprint density at radius 3 is 2.33 bits per heavy atom. The van der Waals surface area contributed by atoms with Crippen LogP contribution >= 0.6 is 0 Å². The van der Waals surface area contributed by atoms with Crippen LogP contribution in [0.1, 0.15) is 5.56 Å². The third kappa shape index (κ3) is 3.10. The van der Waals surface area contributed by atoms with E-state index in [4.69, 9.17) is 5.73 Å². The van der Waals surface area contributed by atoms with Gasteiger partial charge in [0.15, 0.2) is 0 Å². The number of nitrogens with zero attached hydrogens (tertiary/aromatic N) is 3. The molecule has 0 amide bonds. The lowest BCUT2D eigenvalue weighted by molar-refractivity contribution is -0.137. The summed E-state index contributed by atoms with van der Waals surface area (Å²) in [5, 5.41) is 4.33. The zero-order valence-electron chi connectivity index (χ0n) is 13.7. The van der Waals surface area contributed by atoms with E-state index in [1.54, 1.807) is 12.1 Å². The lowest BCUT2D eigenvalue weighted by Crippen LogP contribution is -2.06. The van der Waals surface area contributed by atoms with Crippen LogP contribution in [0, 0.1) is 5.82 Å². The van der Waals surface area contributed by atoms with Gasteiger partial charge in [0.1, 0.15) is 17.3 Å². The largest absolute Gasteiger partial charge is 0.417 e. The zero-order valence-corrected chi connectivity index (χ0v) is 13.7. The molecule has 0 atom stereocenters. The summed E-state index contributed by atoms with van der Waals surface area (Å²) in [6.45, 7) is 0. The molecule has 0 bridgehead atoms. The highest BCUT2D eigenvalue weighted by Crippen LogP contribution is 2.37. The Balaban J connectivity index is 2.02. The van der Waals surface area contributed by atoms with Gasteiger partial charge in [-0.3, -0.25) is 0 Å². The number of nitrogen functional groups attached to an aromatic ring is 1. The molecule has 0 saturated heterocycles. The van der Waals surface area contributed by atoms with Gasteiger partial charge in [0, 0.05) is 23.5 Å². The Morgan fingerprint density at radius 2 is 1.67 bits per heavy atom. The summed E-state index contributed by atoms with van der Waals surface area (Å²) in [7, 11) is 0. The number of pyridine rings is 2. The SMILES string of the molecule is Nc1cc(-c2c(-c3ccc(F)cc3)nn3cc(C(F)(F)F)ccc23)ccn1. The Bertz CT molecular complexity index is 1130. The Hall–Kier alpha value is -3.42. The topological polar surface area (TPSA) is 56.2 Å². The van der Waals surface area contributed by atoms with E-state index in [9.17, 15) is 17.6 Å². The predicted molar refractivity (Wildman–Crippen MR) is 93.2 cm³/mol. The number of benzene rings is 1. The molecule has 0 saturated carbocycles. The first-order valence-corrected chi connectivity index (χ1v) is 7.90. The molecule has 136 valence electrons. The maximum atomic E-state index is 13.3. The Morgan fingerprint density at radius 1 is 0.926 bits per heavy atom. The fraction of sp³-hybridized carbons (Fsp3) is 0.0526. The van der Waals surface area contributed by atoms with Crippen LogP contribution in [0.2, 0.25) is 0 Å². The van der Waals surface area contributed by atoms with Crippen LogP contribution in [-0.4, -0.2) is 14.6 Å². The average Bonchev–Trinajstić information content (AvgIpc) is 3.00. The van der Waals surface area contributed by atoms with E-state index in [2.05, 4.69) is 10.1 Å². The van der Waals surface area contributed by atoms with Gasteiger partial charge in [0.2, 0.25) is 0 Å². The van der Waals surface area contributed by atoms with E-state index >= 15 is 0 Å². The fourth-order valence-corrected chi connectivity index (χ4v) is 2.92. The normalized spacial score (nSPS) is 11.9. The number of hydrogen-bond donors (Lipinski definition) is 1. The molecule has 0 aliphatic carbocycles. The van der Waals surface area contributed by atoms with Crippen molar-refractivity contribution in [3.05, 3.63) is 72.3 Å². The molecule has 27 heavy (non-hydrogen) atoms. The van der Waals surface area contributed by atoms with Gasteiger partial charge < -0.3 is 5.73 Å². The molecule has 1 aromatic carbocycles. The Labute approximate surface area is 150 Å². The van der Waals surface area contributed by atoms with Gasteiger partial charge in [-0.25, -0.2) is 13.9 Å². The van der Waals surface area contributed by atoms with E-state index in [0.29, 0.717) is 27.9 Å². The molecular formula is C19H12F4N4. The highest BCUT2D eigenvalue weighted by atomic mass is 19.4. The summed E-state index contributed by atoms with van der Waals surface area (Å²) in [6.07, 6.45) is -2.06. The zero-order chi connectivity index (χ0) is 19.2. The van der Waals surface area contributed by atoms with Gasteiger partial charge >= 0.3 is 6.18 Å². The van der Waals surface area contributed by atoms with Crippen molar-refractivity contribution in [2.24, 2.45) is 0 Å². The van der Waals surface area contributed by atoms with Crippen LogP contribution in [0.5, 0.6) is 0 Å². The van der Waals surface area contributed by atoms with Crippen molar-refractivity contribution >= 4 is 11.3 Å². The van der Waals surface area contributed by atoms with Crippen LogP contribution in [0.15, 0.2) is 60.9 Å². The molecule has 0 unspecified atom stereocenters. The van der Waals surface area contributed by atoms with Crippen molar-refractivity contribution in [3.63, 3.8) is 0 Å². The summed E-state index contributed by atoms with van der Waals surface area (Å²) in [6, 6.07) is 11.2. The first-order valence-electron chi connectivity index (χ1n) is 7.90. The Kier molecular flexibility index (Phi) is 3.83. The van der Waals surface area contributed by atoms with Crippen molar-refractivity contribution in [1.82, 2.24) is 14.6 Å². The smallest absolute Gasteiger partial charge is 0.384 e. The molecule has 4 nitrogen and oxygen atoms in total. The van der Waals surface area contributed by atoms with Gasteiger partial charge in [-0.2, -0.15) is 18.3 Å². The number of aromatic nitrogens is 3. The van der Waals surface area contributed by atoms with Gasteiger partial charge in [0.05, 0.1) is 11.1 Å². The number of rotatable bonds is 2. The molecule has 0 radical (unpaired) electrons. The minimum Gasteiger partial charge on any atom is -0.384 e. The molecule has 0 fully saturated rings. The predicted octanol–water partition coefficient (Wildman–Crippen LogP) is 4.80. The monoisotopic (exact) mass is 372 g/mol. The van der Waals surface area contributed by atoms with Gasteiger partial charge in [-0.05, 0) is 54.1 Å². The van der Waals surface area contributed by atoms with Crippen LogP contribution < -0.4 is 5.73 Å². The standard InChI is InChI=1S/C19H12F4N4/c20-14-4-1-11(2-5-14)18-17(12-7-8-25-16(24)9-12)15-6-3-13(19(21,22)23)10-27(15)26-18/h1-10H,(H2,24,25). The second-order valence-corrected chi connectivity index (χ2v) is 5.95. The van der Waals surface area contributed by atoms with Gasteiger partial charge in [0.25, 0.3) is 0 Å². The van der Waals surface area contributed by atoms with E-state index in [1.165, 1.54) is 41.0 Å². The summed E-state index contributed by atoms with van der Waals surface area (Å²) in [5.41, 5.74) is 7.63. The van der Waals surface area contributed by atoms with E-state index in [1.807, 2.05) is 0 Å². The van der Waals surface area contributed by atoms with Crippen molar-refractivity contribution in [2.45, 2.75) is 6.18 Å². The lowest BCUT2D eigenvalue weighted by Gasteiger charge is -2.07. The van der Waals surface area contributed by atoms with Gasteiger partial charge in [-0.15, -0.1) is 0 Å². The quantitative estimate of drug-likeness (QED) is 0.514. The van der Waals surface area contributed by atoms with Crippen molar-refractivity contribution in [1.29, 1.82) is 0 Å². The lowest BCUT2D eigenvalue weighted by atomic mass is 10.0. The minimum absolute atomic E-state index is 0.267. The number of halogens is 4.